The molecule has 0 bridgehead atoms. The van der Waals surface area contributed by atoms with Crippen LogP contribution in [0.2, 0.25) is 0 Å². The van der Waals surface area contributed by atoms with E-state index in [4.69, 9.17) is 11.6 Å². The number of fused-ring (bicyclic) bond motifs is 1. The molecule has 0 unspecified atom stereocenters. The van der Waals surface area contributed by atoms with Gasteiger partial charge in [-0.25, -0.2) is 0 Å². The fraction of sp³-hybridized carbons (Fsp3) is 0.500. The number of anilines is 1. The summed E-state index contributed by atoms with van der Waals surface area (Å²) < 4.78 is 0. The highest BCUT2D eigenvalue weighted by molar-refractivity contribution is 6.18. The molecule has 0 spiro atoms. The Hall–Kier alpha value is -1.06. The van der Waals surface area contributed by atoms with Crippen molar-refractivity contribution < 1.29 is 4.79 Å². The van der Waals surface area contributed by atoms with E-state index >= 15 is 0 Å². The summed E-state index contributed by atoms with van der Waals surface area (Å²) in [5, 5.41) is 3.28. The van der Waals surface area contributed by atoms with E-state index in [-0.39, 0.29) is 5.91 Å². The van der Waals surface area contributed by atoms with Crippen LogP contribution in [0, 0.1) is 0 Å². The van der Waals surface area contributed by atoms with Gasteiger partial charge in [0.2, 0.25) is 5.91 Å². The molecule has 2 rings (SSSR count). The topological polar surface area (TPSA) is 32.3 Å². The molecule has 98 valence electrons. The van der Waals surface area contributed by atoms with Crippen molar-refractivity contribution >= 4 is 23.2 Å². The van der Waals surface area contributed by atoms with Crippen LogP contribution >= 0.6 is 11.6 Å². The molecule has 1 aliphatic rings. The molecule has 3 nitrogen and oxygen atoms in total. The van der Waals surface area contributed by atoms with Gasteiger partial charge in [0.15, 0.2) is 0 Å². The second-order valence-electron chi connectivity index (χ2n) is 4.60. The molecule has 1 amide bonds. The number of halogens is 1. The first-order chi connectivity index (χ1) is 8.72. The van der Waals surface area contributed by atoms with E-state index in [9.17, 15) is 4.79 Å². The van der Waals surface area contributed by atoms with Gasteiger partial charge in [-0.3, -0.25) is 4.79 Å². The summed E-state index contributed by atoms with van der Waals surface area (Å²) in [4.78, 5) is 13.3. The van der Waals surface area contributed by atoms with Crippen LogP contribution in [0.3, 0.4) is 0 Å². The number of aryl methyl sites for hydroxylation is 1. The van der Waals surface area contributed by atoms with Gasteiger partial charge in [-0.2, -0.15) is 0 Å². The van der Waals surface area contributed by atoms with E-state index in [1.165, 1.54) is 11.1 Å². The molecule has 0 aliphatic carbocycles. The molecule has 1 N–H and O–H groups in total. The first-order valence-corrected chi connectivity index (χ1v) is 6.91. The van der Waals surface area contributed by atoms with Gasteiger partial charge < -0.3 is 10.2 Å². The molecule has 1 aliphatic heterocycles. The normalized spacial score (nSPS) is 14.8. The third-order valence-electron chi connectivity index (χ3n) is 3.35. The summed E-state index contributed by atoms with van der Waals surface area (Å²) in [7, 11) is 1.85. The van der Waals surface area contributed by atoms with Crippen molar-refractivity contribution in [3.8, 4) is 0 Å². The van der Waals surface area contributed by atoms with Crippen LogP contribution in [0.4, 0.5) is 5.69 Å². The maximum Gasteiger partial charge on any atom is 0.227 e. The molecule has 18 heavy (non-hydrogen) atoms. The largest absolute Gasteiger partial charge is 0.315 e. The van der Waals surface area contributed by atoms with Crippen LogP contribution in [-0.4, -0.2) is 31.9 Å². The first kappa shape index (κ1) is 13.4. The first-order valence-electron chi connectivity index (χ1n) is 6.37. The molecular formula is C14H19ClN2O. The second kappa shape index (κ2) is 6.21. The highest BCUT2D eigenvalue weighted by Gasteiger charge is 2.20. The lowest BCUT2D eigenvalue weighted by molar-refractivity contribution is -0.118. The number of rotatable bonds is 5. The highest BCUT2D eigenvalue weighted by atomic mass is 35.5. The van der Waals surface area contributed by atoms with E-state index < -0.39 is 0 Å². The zero-order valence-electron chi connectivity index (χ0n) is 10.7. The monoisotopic (exact) mass is 266 g/mol. The van der Waals surface area contributed by atoms with Crippen molar-refractivity contribution in [3.05, 3.63) is 29.3 Å². The Morgan fingerprint density at radius 3 is 2.94 bits per heavy atom. The predicted octanol–water partition coefficient (Wildman–Crippen LogP) is 1.97. The number of benzene rings is 1. The lowest BCUT2D eigenvalue weighted by atomic mass is 9.98. The van der Waals surface area contributed by atoms with Crippen LogP contribution in [0.5, 0.6) is 0 Å². The smallest absolute Gasteiger partial charge is 0.227 e. The lowest BCUT2D eigenvalue weighted by Crippen LogP contribution is -2.31. The standard InChI is InChI=1S/C14H19ClN2O/c1-17-13-4-2-11(6-8-16-9-7-15)10-12(13)3-5-14(17)18/h2,4,10,16H,3,5-9H2,1H3. The molecule has 0 saturated heterocycles. The van der Waals surface area contributed by atoms with Crippen LogP contribution in [0.1, 0.15) is 17.5 Å². The SMILES string of the molecule is CN1C(=O)CCc2cc(CCNCCCl)ccc21. The minimum absolute atomic E-state index is 0.207. The van der Waals surface area contributed by atoms with Crippen LogP contribution in [0.25, 0.3) is 0 Å². The Labute approximate surface area is 113 Å². The Bertz CT molecular complexity index is 434. The lowest BCUT2D eigenvalue weighted by Gasteiger charge is -2.26. The minimum atomic E-state index is 0.207. The van der Waals surface area contributed by atoms with Crippen molar-refractivity contribution in [2.24, 2.45) is 0 Å². The molecule has 0 saturated carbocycles. The van der Waals surface area contributed by atoms with E-state index in [1.54, 1.807) is 4.90 Å². The van der Waals surface area contributed by atoms with E-state index in [2.05, 4.69) is 23.5 Å². The fourth-order valence-corrected chi connectivity index (χ4v) is 2.42. The molecule has 4 heteroatoms. The predicted molar refractivity (Wildman–Crippen MR) is 75.5 cm³/mol. The van der Waals surface area contributed by atoms with Crippen molar-refractivity contribution in [1.29, 1.82) is 0 Å². The molecule has 0 fully saturated rings. The van der Waals surface area contributed by atoms with Crippen LogP contribution in [-0.2, 0) is 17.6 Å². The summed E-state index contributed by atoms with van der Waals surface area (Å²) in [6.45, 7) is 1.80. The molecule has 1 heterocycles. The van der Waals surface area contributed by atoms with Crippen molar-refractivity contribution in [2.75, 3.05) is 30.9 Å². The average Bonchev–Trinajstić information content (AvgIpc) is 2.39. The van der Waals surface area contributed by atoms with Crippen molar-refractivity contribution in [3.63, 3.8) is 0 Å². The number of nitrogens with zero attached hydrogens (tertiary/aromatic N) is 1. The highest BCUT2D eigenvalue weighted by Crippen LogP contribution is 2.27. The van der Waals surface area contributed by atoms with Gasteiger partial charge >= 0.3 is 0 Å². The Morgan fingerprint density at radius 1 is 1.33 bits per heavy atom. The molecule has 0 radical (unpaired) electrons. The molecule has 1 aromatic carbocycles. The van der Waals surface area contributed by atoms with E-state index in [0.29, 0.717) is 12.3 Å². The van der Waals surface area contributed by atoms with Gasteiger partial charge in [0.1, 0.15) is 0 Å². The maximum atomic E-state index is 11.6. The fourth-order valence-electron chi connectivity index (χ4n) is 2.29. The third-order valence-corrected chi connectivity index (χ3v) is 3.54. The number of amides is 1. The average molecular weight is 267 g/mol. The minimum Gasteiger partial charge on any atom is -0.315 e. The van der Waals surface area contributed by atoms with Crippen molar-refractivity contribution in [2.45, 2.75) is 19.3 Å². The van der Waals surface area contributed by atoms with E-state index in [0.717, 1.165) is 31.6 Å². The summed E-state index contributed by atoms with van der Waals surface area (Å²) in [6, 6.07) is 6.39. The number of hydrogen-bond acceptors (Lipinski definition) is 2. The van der Waals surface area contributed by atoms with Gasteiger partial charge in [-0.05, 0) is 36.6 Å². The zero-order chi connectivity index (χ0) is 13.0. The zero-order valence-corrected chi connectivity index (χ0v) is 11.5. The molecule has 1 aromatic rings. The Kier molecular flexibility index (Phi) is 4.61. The van der Waals surface area contributed by atoms with E-state index in [1.807, 2.05) is 7.05 Å². The van der Waals surface area contributed by atoms with Crippen molar-refractivity contribution in [1.82, 2.24) is 5.32 Å². The number of carbonyl (C=O) groups excluding carboxylic acids is 1. The molecule has 0 aromatic heterocycles. The summed E-state index contributed by atoms with van der Waals surface area (Å²) in [6.07, 6.45) is 2.49. The Balaban J connectivity index is 2.01. The molecule has 0 atom stereocenters. The summed E-state index contributed by atoms with van der Waals surface area (Å²) in [5.74, 6) is 0.857. The summed E-state index contributed by atoms with van der Waals surface area (Å²) in [5.41, 5.74) is 3.66. The maximum absolute atomic E-state index is 11.6. The van der Waals surface area contributed by atoms with Gasteiger partial charge in [0, 0.05) is 31.6 Å². The van der Waals surface area contributed by atoms with Gasteiger partial charge in [-0.15, -0.1) is 11.6 Å². The van der Waals surface area contributed by atoms with Crippen LogP contribution < -0.4 is 10.2 Å². The quantitative estimate of drug-likeness (QED) is 0.653. The third kappa shape index (κ3) is 3.03. The van der Waals surface area contributed by atoms with Crippen LogP contribution in [0.15, 0.2) is 18.2 Å². The summed E-state index contributed by atoms with van der Waals surface area (Å²) >= 11 is 5.61. The number of nitrogens with one attached hydrogen (secondary N) is 1. The number of alkyl halides is 1. The van der Waals surface area contributed by atoms with Gasteiger partial charge in [0.05, 0.1) is 0 Å². The second-order valence-corrected chi connectivity index (χ2v) is 4.98. The number of hydrogen-bond donors (Lipinski definition) is 1. The Morgan fingerprint density at radius 2 is 2.17 bits per heavy atom. The van der Waals surface area contributed by atoms with Gasteiger partial charge in [-0.1, -0.05) is 12.1 Å². The molecular weight excluding hydrogens is 248 g/mol. The number of carbonyl (C=O) groups is 1. The van der Waals surface area contributed by atoms with Gasteiger partial charge in [0.25, 0.3) is 0 Å².